The fourth-order valence-corrected chi connectivity index (χ4v) is 7.20. The Labute approximate surface area is 215 Å². The largest absolute Gasteiger partial charge is 0.402 e. The van der Waals surface area contributed by atoms with E-state index in [9.17, 15) is 0 Å². The number of anilines is 2. The van der Waals surface area contributed by atoms with Crippen LogP contribution in [0.1, 0.15) is 63.6 Å². The molecule has 1 atom stereocenters. The monoisotopic (exact) mass is 493 g/mol. The van der Waals surface area contributed by atoms with Crippen LogP contribution >= 0.6 is 0 Å². The molecule has 3 heterocycles. The predicted molar refractivity (Wildman–Crippen MR) is 148 cm³/mol. The Morgan fingerprint density at radius 2 is 2.11 bits per heavy atom. The lowest BCUT2D eigenvalue weighted by molar-refractivity contribution is -0.0604. The molecule has 2 saturated heterocycles. The Balaban J connectivity index is 1.32. The van der Waals surface area contributed by atoms with Gasteiger partial charge in [-0.05, 0) is 64.4 Å². The lowest BCUT2D eigenvalue weighted by Crippen LogP contribution is -2.53. The Kier molecular flexibility index (Phi) is 6.85. The van der Waals surface area contributed by atoms with E-state index in [1.807, 2.05) is 20.9 Å². The number of aromatic nitrogens is 1. The van der Waals surface area contributed by atoms with Crippen molar-refractivity contribution in [3.05, 3.63) is 28.6 Å². The Bertz CT molecular complexity index is 1070. The molecule has 2 bridgehead atoms. The fourth-order valence-electron chi connectivity index (χ4n) is 7.20. The number of nitrogens with one attached hydrogen (secondary N) is 2. The highest BCUT2D eigenvalue weighted by Crippen LogP contribution is 2.59. The lowest BCUT2D eigenvalue weighted by atomic mass is 9.83. The van der Waals surface area contributed by atoms with Gasteiger partial charge in [-0.1, -0.05) is 0 Å². The Morgan fingerprint density at radius 1 is 1.33 bits per heavy atom. The molecule has 4 fully saturated rings. The van der Waals surface area contributed by atoms with Gasteiger partial charge in [-0.2, -0.15) is 0 Å². The van der Waals surface area contributed by atoms with Gasteiger partial charge in [0, 0.05) is 80.6 Å². The molecule has 4 N–H and O–H groups in total. The number of rotatable bonds is 6. The van der Waals surface area contributed by atoms with Gasteiger partial charge in [0.05, 0.1) is 24.0 Å². The smallest absolute Gasteiger partial charge is 0.136 e. The first-order valence-corrected chi connectivity index (χ1v) is 13.6. The summed E-state index contributed by atoms with van der Waals surface area (Å²) in [7, 11) is 1.86. The van der Waals surface area contributed by atoms with Crippen molar-refractivity contribution in [1.82, 2.24) is 9.88 Å². The Hall–Kier alpha value is -2.45. The first-order chi connectivity index (χ1) is 17.3. The molecule has 1 aromatic heterocycles. The number of nitrogens with zero attached hydrogens (tertiary/aromatic N) is 4. The van der Waals surface area contributed by atoms with Gasteiger partial charge < -0.3 is 26.1 Å². The molecule has 2 saturated carbocycles. The maximum Gasteiger partial charge on any atom is 0.136 e. The second-order valence-corrected chi connectivity index (χ2v) is 11.6. The van der Waals surface area contributed by atoms with E-state index < -0.39 is 0 Å². The van der Waals surface area contributed by atoms with E-state index in [0.29, 0.717) is 17.1 Å². The standard InChI is InChI=1S/C28H43N7O/c1-19-13-25(22(14-29)26(31-4)33-19)34-10-5-24(23(16-34)21(3)30)32-18-27-6-8-28(17-27,9-7-27)35-11-12-36-20(2)15-35/h13-14,20,29H,5-12,15-18,30H2,1-4H3,(H,31,33)/t20-,27?,28?/m0/s1. The zero-order chi connectivity index (χ0) is 25.5. The molecule has 2 aliphatic carbocycles. The summed E-state index contributed by atoms with van der Waals surface area (Å²) in [6.45, 7) is 11.7. The van der Waals surface area contributed by atoms with Gasteiger partial charge in [-0.15, -0.1) is 0 Å². The highest BCUT2D eigenvalue weighted by molar-refractivity contribution is 6.03. The molecule has 1 aromatic rings. The normalized spacial score (nSPS) is 33.3. The predicted octanol–water partition coefficient (Wildman–Crippen LogP) is 3.74. The third-order valence-electron chi connectivity index (χ3n) is 9.14. The summed E-state index contributed by atoms with van der Waals surface area (Å²) in [6, 6.07) is 2.08. The van der Waals surface area contributed by atoms with Gasteiger partial charge in [0.1, 0.15) is 5.82 Å². The Morgan fingerprint density at radius 3 is 2.78 bits per heavy atom. The van der Waals surface area contributed by atoms with Crippen LogP contribution in [0.2, 0.25) is 0 Å². The van der Waals surface area contributed by atoms with Crippen LogP contribution in [0.5, 0.6) is 0 Å². The zero-order valence-corrected chi connectivity index (χ0v) is 22.5. The van der Waals surface area contributed by atoms with E-state index in [1.54, 1.807) is 0 Å². The summed E-state index contributed by atoms with van der Waals surface area (Å²) in [5.41, 5.74) is 13.1. The number of allylic oxidation sites excluding steroid dienone is 1. The van der Waals surface area contributed by atoms with Gasteiger partial charge >= 0.3 is 0 Å². The first-order valence-electron chi connectivity index (χ1n) is 13.6. The average Bonchev–Trinajstić information content (AvgIpc) is 3.45. The van der Waals surface area contributed by atoms with Crippen molar-refractivity contribution in [2.24, 2.45) is 16.1 Å². The highest BCUT2D eigenvalue weighted by Gasteiger charge is 2.56. The van der Waals surface area contributed by atoms with Crippen LogP contribution in [0.4, 0.5) is 11.5 Å². The van der Waals surface area contributed by atoms with Crippen molar-refractivity contribution >= 4 is 23.4 Å². The maximum absolute atomic E-state index is 8.00. The summed E-state index contributed by atoms with van der Waals surface area (Å²) in [5, 5.41) is 11.1. The van der Waals surface area contributed by atoms with Crippen LogP contribution in [0.3, 0.4) is 0 Å². The number of nitrogens with two attached hydrogens (primary N) is 1. The zero-order valence-electron chi connectivity index (χ0n) is 22.5. The molecule has 0 amide bonds. The topological polar surface area (TPSA) is 103 Å². The van der Waals surface area contributed by atoms with Crippen LogP contribution in [0.15, 0.2) is 22.3 Å². The molecule has 36 heavy (non-hydrogen) atoms. The number of hydrogen-bond acceptors (Lipinski definition) is 8. The van der Waals surface area contributed by atoms with E-state index in [2.05, 4.69) is 33.1 Å². The molecule has 0 radical (unpaired) electrons. The molecule has 5 rings (SSSR count). The molecule has 0 spiro atoms. The molecule has 8 heteroatoms. The SMILES string of the molecule is CNc1nc(C)cc(N2CCC(=NCC34CCC(N5CCO[C@@H](C)C5)(CC3)C4)C(=C(C)N)C2)c1C=N. The van der Waals surface area contributed by atoms with Gasteiger partial charge in [0.25, 0.3) is 0 Å². The van der Waals surface area contributed by atoms with Crippen LogP contribution in [-0.2, 0) is 4.74 Å². The van der Waals surface area contributed by atoms with Crippen molar-refractivity contribution in [2.45, 2.75) is 70.9 Å². The first kappa shape index (κ1) is 25.2. The molecule has 0 unspecified atom stereocenters. The second kappa shape index (κ2) is 9.78. The number of morpholine rings is 1. The van der Waals surface area contributed by atoms with E-state index in [0.717, 1.165) is 79.8 Å². The molecule has 2 aliphatic heterocycles. The molecule has 4 aliphatic rings. The quantitative estimate of drug-likeness (QED) is 0.522. The third-order valence-corrected chi connectivity index (χ3v) is 9.14. The molecular weight excluding hydrogens is 450 g/mol. The van der Waals surface area contributed by atoms with Crippen molar-refractivity contribution in [1.29, 1.82) is 5.41 Å². The number of piperidine rings is 1. The number of aryl methyl sites for hydroxylation is 1. The summed E-state index contributed by atoms with van der Waals surface area (Å²) in [6.07, 6.45) is 9.08. The van der Waals surface area contributed by atoms with Gasteiger partial charge in [-0.3, -0.25) is 9.89 Å². The lowest BCUT2D eigenvalue weighted by Gasteiger charge is -2.44. The molecule has 8 nitrogen and oxygen atoms in total. The van der Waals surface area contributed by atoms with Crippen molar-refractivity contribution < 1.29 is 4.74 Å². The molecular formula is C28H43N7O. The maximum atomic E-state index is 8.00. The number of fused-ring (bicyclic) bond motifs is 2. The number of hydrogen-bond donors (Lipinski definition) is 3. The number of pyridine rings is 1. The van der Waals surface area contributed by atoms with Crippen molar-refractivity contribution in [3.8, 4) is 0 Å². The van der Waals surface area contributed by atoms with Gasteiger partial charge in [-0.25, -0.2) is 4.98 Å². The van der Waals surface area contributed by atoms with Crippen LogP contribution in [0, 0.1) is 17.7 Å². The van der Waals surface area contributed by atoms with E-state index >= 15 is 0 Å². The summed E-state index contributed by atoms with van der Waals surface area (Å²) >= 11 is 0. The molecule has 0 aromatic carbocycles. The van der Waals surface area contributed by atoms with E-state index in [1.165, 1.54) is 44.0 Å². The van der Waals surface area contributed by atoms with E-state index in [-0.39, 0.29) is 0 Å². The molecule has 196 valence electrons. The van der Waals surface area contributed by atoms with Crippen LogP contribution in [-0.4, -0.2) is 79.8 Å². The second-order valence-electron chi connectivity index (χ2n) is 11.6. The summed E-state index contributed by atoms with van der Waals surface area (Å²) in [5.74, 6) is 0.745. The third kappa shape index (κ3) is 4.54. The highest BCUT2D eigenvalue weighted by atomic mass is 16.5. The van der Waals surface area contributed by atoms with Crippen LogP contribution < -0.4 is 16.0 Å². The minimum Gasteiger partial charge on any atom is -0.402 e. The summed E-state index contributed by atoms with van der Waals surface area (Å²) < 4.78 is 5.83. The average molecular weight is 494 g/mol. The minimum atomic E-state index is 0.343. The van der Waals surface area contributed by atoms with Gasteiger partial charge in [0.15, 0.2) is 0 Å². The summed E-state index contributed by atoms with van der Waals surface area (Å²) in [4.78, 5) is 14.9. The van der Waals surface area contributed by atoms with E-state index in [4.69, 9.17) is 20.9 Å². The van der Waals surface area contributed by atoms with Crippen molar-refractivity contribution in [2.75, 3.05) is 56.6 Å². The van der Waals surface area contributed by atoms with Crippen molar-refractivity contribution in [3.63, 3.8) is 0 Å². The van der Waals surface area contributed by atoms with Crippen LogP contribution in [0.25, 0.3) is 0 Å². The number of ether oxygens (including phenoxy) is 1. The van der Waals surface area contributed by atoms with Gasteiger partial charge in [0.2, 0.25) is 0 Å². The number of aliphatic imine (C=N–C) groups is 1. The fraction of sp³-hybridized carbons (Fsp3) is 0.679. The minimum absolute atomic E-state index is 0.343.